The van der Waals surface area contributed by atoms with Crippen molar-refractivity contribution in [2.45, 2.75) is 13.3 Å². The number of nitrogens with zero attached hydrogens (tertiary/aromatic N) is 2. The van der Waals surface area contributed by atoms with Gasteiger partial charge in [0, 0.05) is 5.69 Å². The highest BCUT2D eigenvalue weighted by molar-refractivity contribution is 7.13. The van der Waals surface area contributed by atoms with Crippen molar-refractivity contribution in [2.75, 3.05) is 11.9 Å². The second-order valence-corrected chi connectivity index (χ2v) is 5.95. The molecule has 0 spiro atoms. The number of hydrogen-bond donors (Lipinski definition) is 1. The average molecular weight is 357 g/mol. The van der Waals surface area contributed by atoms with Crippen LogP contribution in [0.5, 0.6) is 0 Å². The van der Waals surface area contributed by atoms with E-state index in [1.54, 1.807) is 19.1 Å². The third-order valence-corrected chi connectivity index (χ3v) is 4.14. The Morgan fingerprint density at radius 3 is 2.84 bits per heavy atom. The molecule has 2 aromatic heterocycles. The molecule has 3 aromatic rings. The Kier molecular flexibility index (Phi) is 5.20. The minimum Gasteiger partial charge on any atom is -0.459 e. The summed E-state index contributed by atoms with van der Waals surface area (Å²) in [6.07, 6.45) is 0.331. The third kappa shape index (κ3) is 4.10. The molecule has 0 radical (unpaired) electrons. The molecule has 25 heavy (non-hydrogen) atoms. The lowest BCUT2D eigenvalue weighted by molar-refractivity contribution is -0.152. The van der Waals surface area contributed by atoms with Gasteiger partial charge < -0.3 is 14.6 Å². The SMILES string of the molecule is CCOC(=O)C(=O)Nc1ccccc1Cc1nc(-c2cccs2)no1. The van der Waals surface area contributed by atoms with Crippen LogP contribution in [0.2, 0.25) is 0 Å². The van der Waals surface area contributed by atoms with Crippen LogP contribution in [-0.2, 0) is 20.7 Å². The summed E-state index contributed by atoms with van der Waals surface area (Å²) in [4.78, 5) is 28.6. The van der Waals surface area contributed by atoms with Crippen LogP contribution in [0.25, 0.3) is 10.7 Å². The van der Waals surface area contributed by atoms with Gasteiger partial charge in [-0.05, 0) is 30.0 Å². The number of aromatic nitrogens is 2. The first-order valence-electron chi connectivity index (χ1n) is 7.60. The Balaban J connectivity index is 1.75. The first kappa shape index (κ1) is 16.8. The van der Waals surface area contributed by atoms with Crippen LogP contribution in [0, 0.1) is 0 Å². The fraction of sp³-hybridized carbons (Fsp3) is 0.176. The van der Waals surface area contributed by atoms with E-state index in [1.165, 1.54) is 11.3 Å². The normalized spacial score (nSPS) is 10.4. The van der Waals surface area contributed by atoms with E-state index in [2.05, 4.69) is 20.2 Å². The van der Waals surface area contributed by atoms with E-state index in [9.17, 15) is 9.59 Å². The molecule has 0 saturated carbocycles. The monoisotopic (exact) mass is 357 g/mol. The molecule has 1 amide bonds. The van der Waals surface area contributed by atoms with Crippen molar-refractivity contribution < 1.29 is 18.8 Å². The number of benzene rings is 1. The molecule has 0 atom stereocenters. The predicted octanol–water partition coefficient (Wildman–Crippen LogP) is 2.89. The molecule has 7 nitrogen and oxygen atoms in total. The molecule has 0 aliphatic rings. The lowest BCUT2D eigenvalue weighted by Gasteiger charge is -2.09. The van der Waals surface area contributed by atoms with E-state index in [0.29, 0.717) is 23.8 Å². The maximum atomic E-state index is 11.8. The molecule has 0 saturated heterocycles. The summed E-state index contributed by atoms with van der Waals surface area (Å²) >= 11 is 1.52. The number of para-hydroxylation sites is 1. The van der Waals surface area contributed by atoms with Gasteiger partial charge in [-0.1, -0.05) is 29.4 Å². The van der Waals surface area contributed by atoms with Crippen molar-refractivity contribution >= 4 is 28.9 Å². The minimum atomic E-state index is -0.921. The molecule has 0 unspecified atom stereocenters. The Hall–Kier alpha value is -3.00. The highest BCUT2D eigenvalue weighted by atomic mass is 32.1. The van der Waals surface area contributed by atoms with Gasteiger partial charge in [0.2, 0.25) is 11.7 Å². The summed E-state index contributed by atoms with van der Waals surface area (Å²) in [6, 6.07) is 10.9. The molecular formula is C17H15N3O4S. The molecule has 3 rings (SSSR count). The van der Waals surface area contributed by atoms with Crippen molar-refractivity contribution in [3.05, 3.63) is 53.2 Å². The summed E-state index contributed by atoms with van der Waals surface area (Å²) in [5.74, 6) is -0.798. The highest BCUT2D eigenvalue weighted by Crippen LogP contribution is 2.23. The third-order valence-electron chi connectivity index (χ3n) is 3.28. The van der Waals surface area contributed by atoms with Gasteiger partial charge in [-0.25, -0.2) is 4.79 Å². The summed E-state index contributed by atoms with van der Waals surface area (Å²) in [5.41, 5.74) is 1.25. The maximum absolute atomic E-state index is 11.8. The van der Waals surface area contributed by atoms with E-state index in [-0.39, 0.29) is 6.61 Å². The Labute approximate surface area is 147 Å². The number of carbonyl (C=O) groups excluding carboxylic acids is 2. The second kappa shape index (κ2) is 7.71. The standard InChI is InChI=1S/C17H15N3O4S/c1-2-23-17(22)16(21)18-12-7-4-3-6-11(12)10-14-19-15(20-24-14)13-8-5-9-25-13/h3-9H,2,10H2,1H3,(H,18,21). The molecule has 0 fully saturated rings. The number of ether oxygens (including phenoxy) is 1. The number of carbonyl (C=O) groups is 2. The number of rotatable bonds is 5. The quantitative estimate of drug-likeness (QED) is 0.557. The minimum absolute atomic E-state index is 0.140. The zero-order valence-corrected chi connectivity index (χ0v) is 14.2. The molecular weight excluding hydrogens is 342 g/mol. The van der Waals surface area contributed by atoms with Crippen molar-refractivity contribution in [3.8, 4) is 10.7 Å². The zero-order valence-electron chi connectivity index (χ0n) is 13.4. The number of thiophene rings is 1. The molecule has 1 N–H and O–H groups in total. The Morgan fingerprint density at radius 1 is 1.24 bits per heavy atom. The fourth-order valence-corrected chi connectivity index (χ4v) is 2.81. The van der Waals surface area contributed by atoms with E-state index in [0.717, 1.165) is 10.4 Å². The van der Waals surface area contributed by atoms with Gasteiger partial charge in [0.25, 0.3) is 0 Å². The molecule has 8 heteroatoms. The van der Waals surface area contributed by atoms with Gasteiger partial charge in [0.15, 0.2) is 0 Å². The van der Waals surface area contributed by atoms with Crippen LogP contribution < -0.4 is 5.32 Å². The van der Waals surface area contributed by atoms with Crippen LogP contribution in [0.4, 0.5) is 5.69 Å². The van der Waals surface area contributed by atoms with E-state index in [4.69, 9.17) is 4.52 Å². The smallest absolute Gasteiger partial charge is 0.397 e. The largest absolute Gasteiger partial charge is 0.459 e. The molecule has 1 aromatic carbocycles. The van der Waals surface area contributed by atoms with Crippen molar-refractivity contribution in [3.63, 3.8) is 0 Å². The van der Waals surface area contributed by atoms with Crippen LogP contribution in [0.15, 0.2) is 46.3 Å². The number of anilines is 1. The fourth-order valence-electron chi connectivity index (χ4n) is 2.16. The molecule has 0 aliphatic heterocycles. The number of amides is 1. The van der Waals surface area contributed by atoms with Gasteiger partial charge in [-0.2, -0.15) is 4.98 Å². The molecule has 0 bridgehead atoms. The van der Waals surface area contributed by atoms with E-state index < -0.39 is 11.9 Å². The Morgan fingerprint density at radius 2 is 2.08 bits per heavy atom. The number of esters is 1. The van der Waals surface area contributed by atoms with Crippen LogP contribution in [0.3, 0.4) is 0 Å². The predicted molar refractivity (Wildman–Crippen MR) is 92.1 cm³/mol. The Bertz CT molecular complexity index is 874. The first-order chi connectivity index (χ1) is 12.2. The summed E-state index contributed by atoms with van der Waals surface area (Å²) in [6.45, 7) is 1.78. The van der Waals surface area contributed by atoms with Crippen molar-refractivity contribution in [1.29, 1.82) is 0 Å². The van der Waals surface area contributed by atoms with E-state index in [1.807, 2.05) is 29.6 Å². The van der Waals surface area contributed by atoms with Gasteiger partial charge >= 0.3 is 11.9 Å². The van der Waals surface area contributed by atoms with Gasteiger partial charge in [-0.15, -0.1) is 11.3 Å². The van der Waals surface area contributed by atoms with Crippen molar-refractivity contribution in [2.24, 2.45) is 0 Å². The molecule has 128 valence electrons. The van der Waals surface area contributed by atoms with Gasteiger partial charge in [-0.3, -0.25) is 4.79 Å². The lowest BCUT2D eigenvalue weighted by Crippen LogP contribution is -2.25. The number of nitrogens with one attached hydrogen (secondary N) is 1. The van der Waals surface area contributed by atoms with Crippen LogP contribution >= 0.6 is 11.3 Å². The maximum Gasteiger partial charge on any atom is 0.397 e. The average Bonchev–Trinajstić information content (AvgIpc) is 3.28. The van der Waals surface area contributed by atoms with Crippen LogP contribution in [0.1, 0.15) is 18.4 Å². The molecule has 2 heterocycles. The summed E-state index contributed by atoms with van der Waals surface area (Å²) in [7, 11) is 0. The second-order valence-electron chi connectivity index (χ2n) is 5.00. The van der Waals surface area contributed by atoms with Crippen molar-refractivity contribution in [1.82, 2.24) is 10.1 Å². The topological polar surface area (TPSA) is 94.3 Å². The van der Waals surface area contributed by atoms with E-state index >= 15 is 0 Å². The molecule has 0 aliphatic carbocycles. The van der Waals surface area contributed by atoms with Crippen LogP contribution in [-0.4, -0.2) is 28.6 Å². The van der Waals surface area contributed by atoms with Gasteiger partial charge in [0.05, 0.1) is 17.9 Å². The summed E-state index contributed by atoms with van der Waals surface area (Å²) in [5, 5.41) is 8.45. The zero-order chi connectivity index (χ0) is 17.6. The lowest BCUT2D eigenvalue weighted by atomic mass is 10.1. The highest BCUT2D eigenvalue weighted by Gasteiger charge is 2.17. The number of hydrogen-bond acceptors (Lipinski definition) is 7. The van der Waals surface area contributed by atoms with Gasteiger partial charge in [0.1, 0.15) is 0 Å². The summed E-state index contributed by atoms with van der Waals surface area (Å²) < 4.78 is 9.97. The first-order valence-corrected chi connectivity index (χ1v) is 8.47.